The smallest absolute Gasteiger partial charge is 0.338 e. The van der Waals surface area contributed by atoms with E-state index in [9.17, 15) is 9.59 Å². The van der Waals surface area contributed by atoms with Crippen LogP contribution in [0.15, 0.2) is 86.1 Å². The molecular weight excluding hydrogens is 507 g/mol. The number of furan rings is 1. The number of hydrogen-bond donors (Lipinski definition) is 0. The quantitative estimate of drug-likeness (QED) is 0.353. The van der Waals surface area contributed by atoms with Crippen LogP contribution in [0.1, 0.15) is 24.3 Å². The van der Waals surface area contributed by atoms with Crippen molar-refractivity contribution in [1.29, 1.82) is 0 Å². The van der Waals surface area contributed by atoms with E-state index >= 15 is 0 Å². The first-order valence-corrected chi connectivity index (χ1v) is 12.2. The van der Waals surface area contributed by atoms with E-state index in [1.165, 1.54) is 23.0 Å². The summed E-state index contributed by atoms with van der Waals surface area (Å²) in [6, 6.07) is 17.4. The van der Waals surface area contributed by atoms with Crippen LogP contribution < -0.4 is 14.9 Å². The van der Waals surface area contributed by atoms with Gasteiger partial charge in [-0.15, -0.1) is 0 Å². The number of ether oxygens (including phenoxy) is 1. The number of carbonyl (C=O) groups is 1. The number of rotatable bonds is 4. The van der Waals surface area contributed by atoms with Crippen LogP contribution >= 0.6 is 34.5 Å². The summed E-state index contributed by atoms with van der Waals surface area (Å²) >= 11 is 13.5. The topological polar surface area (TPSA) is 73.8 Å². The van der Waals surface area contributed by atoms with E-state index in [-0.39, 0.29) is 5.56 Å². The van der Waals surface area contributed by atoms with Gasteiger partial charge in [0.2, 0.25) is 0 Å². The van der Waals surface area contributed by atoms with Crippen LogP contribution in [0.3, 0.4) is 0 Å². The minimum Gasteiger partial charge on any atom is -0.466 e. The van der Waals surface area contributed by atoms with Crippen LogP contribution in [0.5, 0.6) is 0 Å². The molecule has 9 heteroatoms. The fourth-order valence-electron chi connectivity index (χ4n) is 4.04. The van der Waals surface area contributed by atoms with Gasteiger partial charge >= 0.3 is 5.97 Å². The SMILES string of the molecule is COC(=O)C1=C(C)N=c2s/c(=C\c3ccc(-c4ccc(Cl)cc4Cl)o3)c(=O)n2[C@@H]1c1ccccc1. The van der Waals surface area contributed by atoms with Crippen molar-refractivity contribution in [2.45, 2.75) is 13.0 Å². The lowest BCUT2D eigenvalue weighted by molar-refractivity contribution is -0.136. The van der Waals surface area contributed by atoms with Gasteiger partial charge in [0.1, 0.15) is 11.5 Å². The molecule has 0 bridgehead atoms. The molecule has 2 aromatic heterocycles. The van der Waals surface area contributed by atoms with Gasteiger partial charge in [-0.25, -0.2) is 9.79 Å². The maximum Gasteiger partial charge on any atom is 0.338 e. The summed E-state index contributed by atoms with van der Waals surface area (Å²) in [5.74, 6) is 0.512. The molecule has 0 unspecified atom stereocenters. The van der Waals surface area contributed by atoms with Gasteiger partial charge < -0.3 is 9.15 Å². The third-order valence-electron chi connectivity index (χ3n) is 5.64. The summed E-state index contributed by atoms with van der Waals surface area (Å²) < 4.78 is 12.9. The lowest BCUT2D eigenvalue weighted by atomic mass is 9.96. The molecule has 0 N–H and O–H groups in total. The number of halogens is 2. The number of carbonyl (C=O) groups excluding carboxylic acids is 1. The number of benzene rings is 2. The number of nitrogens with zero attached hydrogens (tertiary/aromatic N) is 2. The van der Waals surface area contributed by atoms with Crippen LogP contribution in [0.4, 0.5) is 0 Å². The lowest BCUT2D eigenvalue weighted by Crippen LogP contribution is -2.39. The number of esters is 1. The molecule has 4 aromatic rings. The first-order valence-electron chi connectivity index (χ1n) is 10.6. The molecule has 0 radical (unpaired) electrons. The second-order valence-corrected chi connectivity index (χ2v) is 9.66. The summed E-state index contributed by atoms with van der Waals surface area (Å²) in [4.78, 5) is 31.3. The van der Waals surface area contributed by atoms with E-state index in [0.29, 0.717) is 47.7 Å². The average molecular weight is 525 g/mol. The van der Waals surface area contributed by atoms with Crippen LogP contribution in [-0.4, -0.2) is 17.6 Å². The monoisotopic (exact) mass is 524 g/mol. The minimum absolute atomic E-state index is 0.279. The van der Waals surface area contributed by atoms with Crippen molar-refractivity contribution < 1.29 is 13.9 Å². The maximum atomic E-state index is 13.6. The molecule has 6 nitrogen and oxygen atoms in total. The van der Waals surface area contributed by atoms with Crippen molar-refractivity contribution in [3.05, 3.63) is 113 Å². The molecule has 0 aliphatic carbocycles. The largest absolute Gasteiger partial charge is 0.466 e. The second kappa shape index (κ2) is 9.34. The molecule has 0 amide bonds. The zero-order valence-electron chi connectivity index (χ0n) is 18.6. The van der Waals surface area contributed by atoms with Crippen molar-refractivity contribution in [1.82, 2.24) is 4.57 Å². The normalized spacial score (nSPS) is 15.7. The van der Waals surface area contributed by atoms with Crippen LogP contribution in [-0.2, 0) is 9.53 Å². The highest BCUT2D eigenvalue weighted by atomic mass is 35.5. The molecule has 3 heterocycles. The molecule has 0 fully saturated rings. The van der Waals surface area contributed by atoms with Crippen LogP contribution in [0.2, 0.25) is 10.0 Å². The molecule has 1 atom stereocenters. The van der Waals surface area contributed by atoms with Crippen molar-refractivity contribution >= 4 is 46.6 Å². The molecule has 0 spiro atoms. The van der Waals surface area contributed by atoms with E-state index in [4.69, 9.17) is 32.4 Å². The van der Waals surface area contributed by atoms with E-state index in [0.717, 1.165) is 5.56 Å². The Labute approximate surface area is 214 Å². The second-order valence-electron chi connectivity index (χ2n) is 7.81. The number of aromatic nitrogens is 1. The molecule has 1 aliphatic rings. The predicted molar refractivity (Wildman–Crippen MR) is 136 cm³/mol. The Bertz CT molecular complexity index is 1670. The highest BCUT2D eigenvalue weighted by Crippen LogP contribution is 2.32. The third-order valence-corrected chi connectivity index (χ3v) is 7.17. The number of allylic oxidation sites excluding steroid dienone is 1. The van der Waals surface area contributed by atoms with Gasteiger partial charge in [-0.2, -0.15) is 0 Å². The molecule has 35 heavy (non-hydrogen) atoms. The Morgan fingerprint density at radius 2 is 1.91 bits per heavy atom. The van der Waals surface area contributed by atoms with Gasteiger partial charge in [-0.05, 0) is 42.8 Å². The summed E-state index contributed by atoms with van der Waals surface area (Å²) in [5, 5.41) is 0.993. The summed E-state index contributed by atoms with van der Waals surface area (Å²) in [6.07, 6.45) is 1.66. The van der Waals surface area contributed by atoms with E-state index in [1.807, 2.05) is 30.3 Å². The first-order chi connectivity index (χ1) is 16.9. The van der Waals surface area contributed by atoms with E-state index in [1.54, 1.807) is 43.3 Å². The van der Waals surface area contributed by atoms with E-state index in [2.05, 4.69) is 4.99 Å². The van der Waals surface area contributed by atoms with Crippen molar-refractivity contribution in [2.24, 2.45) is 4.99 Å². The number of thiazole rings is 1. The number of hydrogen-bond acceptors (Lipinski definition) is 6. The van der Waals surface area contributed by atoms with Crippen molar-refractivity contribution in [3.8, 4) is 11.3 Å². The lowest BCUT2D eigenvalue weighted by Gasteiger charge is -2.24. The molecule has 176 valence electrons. The summed E-state index contributed by atoms with van der Waals surface area (Å²) in [5.41, 5.74) is 2.04. The third kappa shape index (κ3) is 4.27. The Kier molecular flexibility index (Phi) is 6.23. The Morgan fingerprint density at radius 1 is 1.14 bits per heavy atom. The Balaban J connectivity index is 1.64. The molecule has 5 rings (SSSR count). The number of methoxy groups -OCH3 is 1. The van der Waals surface area contributed by atoms with Gasteiger partial charge in [-0.1, -0.05) is 64.9 Å². The molecular formula is C26H18Cl2N2O4S. The van der Waals surface area contributed by atoms with Crippen LogP contribution in [0, 0.1) is 0 Å². The van der Waals surface area contributed by atoms with Gasteiger partial charge in [0.15, 0.2) is 4.80 Å². The average Bonchev–Trinajstić information content (AvgIpc) is 3.42. The standard InChI is InChI=1S/C26H18Cl2N2O4S/c1-14-22(25(32)33-2)23(15-6-4-3-5-7-15)30-24(31)21(35-26(30)29-14)13-17-9-11-20(34-17)18-10-8-16(27)12-19(18)28/h3-13,23H,1-2H3/b21-13-/t23-/m1/s1. The molecule has 2 aromatic carbocycles. The highest BCUT2D eigenvalue weighted by Gasteiger charge is 2.32. The minimum atomic E-state index is -0.651. The Hall–Kier alpha value is -3.39. The van der Waals surface area contributed by atoms with Gasteiger partial charge in [0.25, 0.3) is 5.56 Å². The van der Waals surface area contributed by atoms with Crippen LogP contribution in [0.25, 0.3) is 17.4 Å². The van der Waals surface area contributed by atoms with Crippen molar-refractivity contribution in [3.63, 3.8) is 0 Å². The maximum absolute atomic E-state index is 13.6. The van der Waals surface area contributed by atoms with E-state index < -0.39 is 12.0 Å². The fraction of sp³-hybridized carbons (Fsp3) is 0.115. The molecule has 0 saturated heterocycles. The Morgan fingerprint density at radius 3 is 2.63 bits per heavy atom. The summed E-state index contributed by atoms with van der Waals surface area (Å²) in [7, 11) is 1.32. The first kappa shape index (κ1) is 23.4. The van der Waals surface area contributed by atoms with Gasteiger partial charge in [-0.3, -0.25) is 9.36 Å². The summed E-state index contributed by atoms with van der Waals surface area (Å²) in [6.45, 7) is 1.74. The molecule has 0 saturated carbocycles. The van der Waals surface area contributed by atoms with Crippen molar-refractivity contribution in [2.75, 3.05) is 7.11 Å². The fourth-order valence-corrected chi connectivity index (χ4v) is 5.57. The highest BCUT2D eigenvalue weighted by molar-refractivity contribution is 7.07. The van der Waals surface area contributed by atoms with Gasteiger partial charge in [0, 0.05) is 16.7 Å². The zero-order valence-corrected chi connectivity index (χ0v) is 20.9. The zero-order chi connectivity index (χ0) is 24.7. The van der Waals surface area contributed by atoms with Gasteiger partial charge in [0.05, 0.1) is 34.0 Å². The number of fused-ring (bicyclic) bond motifs is 1. The predicted octanol–water partition coefficient (Wildman–Crippen LogP) is 4.98. The molecule has 1 aliphatic heterocycles.